The Hall–Kier alpha value is -2.90. The monoisotopic (exact) mass is 395 g/mol. The van der Waals surface area contributed by atoms with E-state index in [0.29, 0.717) is 0 Å². The number of phenolic OH excluding ortho intramolecular Hbond substituents is 1. The molecule has 0 radical (unpaired) electrons. The molecule has 0 bridgehead atoms. The minimum Gasteiger partial charge on any atom is -0.507 e. The number of nitrogens with zero attached hydrogens (tertiary/aromatic N) is 3. The molecule has 29 heavy (non-hydrogen) atoms. The molecular formula is C22H25N3O4. The molecule has 152 valence electrons. The zero-order valence-corrected chi connectivity index (χ0v) is 16.3. The quantitative estimate of drug-likeness (QED) is 0.727. The number of hydrogen-bond donors (Lipinski definition) is 2. The lowest BCUT2D eigenvalue weighted by atomic mass is 9.97. The van der Waals surface area contributed by atoms with Crippen LogP contribution in [0.4, 0.5) is 5.69 Å². The summed E-state index contributed by atoms with van der Waals surface area (Å²) >= 11 is 0. The van der Waals surface area contributed by atoms with Crippen molar-refractivity contribution in [3.05, 3.63) is 59.2 Å². The minimum atomic E-state index is -1.17. The summed E-state index contributed by atoms with van der Waals surface area (Å²) in [4.78, 5) is 24.4. The number of aromatic hydroxyl groups is 1. The van der Waals surface area contributed by atoms with E-state index in [4.69, 9.17) is 0 Å². The van der Waals surface area contributed by atoms with Crippen molar-refractivity contribution in [1.82, 2.24) is 10.0 Å². The average molecular weight is 395 g/mol. The topological polar surface area (TPSA) is 84.3 Å². The van der Waals surface area contributed by atoms with Gasteiger partial charge in [0.15, 0.2) is 5.78 Å². The summed E-state index contributed by atoms with van der Waals surface area (Å²) in [5.41, 5.74) is 0.912. The molecule has 2 heterocycles. The van der Waals surface area contributed by atoms with Gasteiger partial charge >= 0.3 is 5.97 Å². The Balaban J connectivity index is 1.66. The van der Waals surface area contributed by atoms with E-state index in [2.05, 4.69) is 15.1 Å². The third-order valence-electron chi connectivity index (χ3n) is 5.56. The van der Waals surface area contributed by atoms with Gasteiger partial charge in [0.2, 0.25) is 0 Å². The second-order valence-corrected chi connectivity index (χ2v) is 7.49. The molecule has 2 fully saturated rings. The number of ketones is 1. The molecule has 2 aromatic rings. The summed E-state index contributed by atoms with van der Waals surface area (Å²) < 4.78 is 0. The van der Waals surface area contributed by atoms with Crippen LogP contribution in [0, 0.1) is 0 Å². The highest BCUT2D eigenvalue weighted by molar-refractivity contribution is 6.15. The number of hydrogen-bond acceptors (Lipinski definition) is 6. The van der Waals surface area contributed by atoms with Crippen LogP contribution in [0.15, 0.2) is 42.5 Å². The van der Waals surface area contributed by atoms with Gasteiger partial charge in [-0.05, 0) is 43.9 Å². The third-order valence-corrected chi connectivity index (χ3v) is 5.56. The van der Waals surface area contributed by atoms with Crippen molar-refractivity contribution in [2.24, 2.45) is 0 Å². The fraction of sp³-hybridized carbons (Fsp3) is 0.364. The van der Waals surface area contributed by atoms with Crippen molar-refractivity contribution in [2.75, 3.05) is 31.3 Å². The van der Waals surface area contributed by atoms with E-state index in [0.717, 1.165) is 57.5 Å². The van der Waals surface area contributed by atoms with Crippen molar-refractivity contribution in [3.63, 3.8) is 0 Å². The van der Waals surface area contributed by atoms with Gasteiger partial charge in [0.1, 0.15) is 5.75 Å². The second-order valence-electron chi connectivity index (χ2n) is 7.49. The molecule has 0 aliphatic carbocycles. The van der Waals surface area contributed by atoms with E-state index >= 15 is 0 Å². The number of rotatable bonds is 6. The maximum absolute atomic E-state index is 12.9. The zero-order valence-electron chi connectivity index (χ0n) is 16.3. The molecule has 2 aliphatic rings. The van der Waals surface area contributed by atoms with Crippen LogP contribution in [-0.2, 0) is 0 Å². The largest absolute Gasteiger partial charge is 0.507 e. The SMILES string of the molecule is O=C(O)c1ccccc1C(=O)c1ccc(N(N2CCCC2)N2CCCC2)cc1O. The first-order chi connectivity index (χ1) is 14.1. The number of benzene rings is 2. The number of carbonyl (C=O) groups excluding carboxylic acids is 1. The number of carbonyl (C=O) groups is 2. The molecule has 0 saturated carbocycles. The van der Waals surface area contributed by atoms with Crippen molar-refractivity contribution in [3.8, 4) is 5.75 Å². The van der Waals surface area contributed by atoms with Crippen LogP contribution in [0.25, 0.3) is 0 Å². The van der Waals surface area contributed by atoms with Crippen molar-refractivity contribution >= 4 is 17.4 Å². The number of anilines is 1. The maximum atomic E-state index is 12.9. The molecule has 0 spiro atoms. The smallest absolute Gasteiger partial charge is 0.336 e. The highest BCUT2D eigenvalue weighted by Gasteiger charge is 2.29. The normalized spacial score (nSPS) is 17.5. The standard InChI is InChI=1S/C22H25N3O4/c26-20-15-16(25(23-11-3-4-12-23)24-13-5-6-14-24)9-10-19(20)21(27)17-7-1-2-8-18(17)22(28)29/h1-2,7-10,15,26H,3-6,11-14H2,(H,28,29). The molecule has 0 aromatic heterocycles. The number of hydrazine groups is 2. The Morgan fingerprint density at radius 1 is 0.793 bits per heavy atom. The van der Waals surface area contributed by atoms with Crippen LogP contribution in [0.1, 0.15) is 52.0 Å². The summed E-state index contributed by atoms with van der Waals surface area (Å²) in [5.74, 6) is -1.81. The van der Waals surface area contributed by atoms with Gasteiger partial charge in [-0.25, -0.2) is 19.9 Å². The molecule has 0 amide bonds. The van der Waals surface area contributed by atoms with E-state index in [9.17, 15) is 19.8 Å². The fourth-order valence-corrected chi connectivity index (χ4v) is 4.13. The van der Waals surface area contributed by atoms with Crippen molar-refractivity contribution < 1.29 is 19.8 Å². The highest BCUT2D eigenvalue weighted by Crippen LogP contribution is 2.31. The van der Waals surface area contributed by atoms with Gasteiger partial charge < -0.3 is 10.2 Å². The van der Waals surface area contributed by atoms with Crippen LogP contribution < -0.4 is 5.12 Å². The van der Waals surface area contributed by atoms with Gasteiger partial charge in [-0.2, -0.15) is 0 Å². The Morgan fingerprint density at radius 2 is 1.34 bits per heavy atom. The lowest BCUT2D eigenvalue weighted by molar-refractivity contribution is 0.0692. The number of aromatic carboxylic acids is 1. The van der Waals surface area contributed by atoms with Crippen LogP contribution in [0.3, 0.4) is 0 Å². The Kier molecular flexibility index (Phi) is 5.51. The van der Waals surface area contributed by atoms with E-state index in [1.165, 1.54) is 12.1 Å². The van der Waals surface area contributed by atoms with Gasteiger partial charge in [-0.3, -0.25) is 4.79 Å². The van der Waals surface area contributed by atoms with E-state index in [-0.39, 0.29) is 22.4 Å². The van der Waals surface area contributed by atoms with Gasteiger partial charge in [0.05, 0.1) is 16.8 Å². The van der Waals surface area contributed by atoms with Gasteiger partial charge in [-0.15, -0.1) is 0 Å². The summed E-state index contributed by atoms with van der Waals surface area (Å²) in [6.07, 6.45) is 4.55. The van der Waals surface area contributed by atoms with E-state index < -0.39 is 11.8 Å². The highest BCUT2D eigenvalue weighted by atomic mass is 16.4. The maximum Gasteiger partial charge on any atom is 0.336 e. The number of carboxylic acids is 1. The predicted molar refractivity (Wildman–Crippen MR) is 109 cm³/mol. The summed E-state index contributed by atoms with van der Waals surface area (Å²) in [7, 11) is 0. The first-order valence-corrected chi connectivity index (χ1v) is 10.1. The van der Waals surface area contributed by atoms with Crippen LogP contribution in [0.2, 0.25) is 0 Å². The van der Waals surface area contributed by atoms with Gasteiger partial charge in [-0.1, -0.05) is 18.2 Å². The molecule has 7 heteroatoms. The van der Waals surface area contributed by atoms with E-state index in [1.807, 2.05) is 6.07 Å². The molecule has 0 atom stereocenters. The molecule has 2 saturated heterocycles. The first kappa shape index (κ1) is 19.4. The third kappa shape index (κ3) is 3.83. The molecule has 7 nitrogen and oxygen atoms in total. The molecule has 0 unspecified atom stereocenters. The minimum absolute atomic E-state index is 0.0685. The van der Waals surface area contributed by atoms with Crippen LogP contribution in [-0.4, -0.2) is 58.2 Å². The Morgan fingerprint density at radius 3 is 1.86 bits per heavy atom. The molecule has 2 aliphatic heterocycles. The molecule has 2 N–H and O–H groups in total. The number of carboxylic acid groups (broad SMARTS) is 1. The summed E-state index contributed by atoms with van der Waals surface area (Å²) in [6, 6.07) is 11.1. The Labute approximate surface area is 169 Å². The summed E-state index contributed by atoms with van der Waals surface area (Å²) in [6.45, 7) is 3.85. The van der Waals surface area contributed by atoms with Gasteiger partial charge in [0.25, 0.3) is 0 Å². The molecule has 2 aromatic carbocycles. The van der Waals surface area contributed by atoms with Crippen LogP contribution in [0.5, 0.6) is 5.75 Å². The van der Waals surface area contributed by atoms with Crippen molar-refractivity contribution in [2.45, 2.75) is 25.7 Å². The molecular weight excluding hydrogens is 370 g/mol. The lowest BCUT2D eigenvalue weighted by Gasteiger charge is -2.40. The summed E-state index contributed by atoms with van der Waals surface area (Å²) in [5, 5.41) is 26.7. The van der Waals surface area contributed by atoms with Gasteiger partial charge in [0, 0.05) is 37.8 Å². The average Bonchev–Trinajstić information content (AvgIpc) is 3.43. The number of phenols is 1. The lowest BCUT2D eigenvalue weighted by Crippen LogP contribution is -2.51. The zero-order chi connectivity index (χ0) is 20.4. The Bertz CT molecular complexity index is 902. The van der Waals surface area contributed by atoms with Crippen molar-refractivity contribution in [1.29, 1.82) is 0 Å². The van der Waals surface area contributed by atoms with Crippen LogP contribution >= 0.6 is 0 Å². The van der Waals surface area contributed by atoms with E-state index in [1.54, 1.807) is 24.3 Å². The molecule has 4 rings (SSSR count). The first-order valence-electron chi connectivity index (χ1n) is 10.1. The second kappa shape index (κ2) is 8.23. The predicted octanol–water partition coefficient (Wildman–Crippen LogP) is 3.15. The fourth-order valence-electron chi connectivity index (χ4n) is 4.13.